The summed E-state index contributed by atoms with van der Waals surface area (Å²) >= 11 is 0. The zero-order valence-electron chi connectivity index (χ0n) is 13.7. The van der Waals surface area contributed by atoms with Crippen molar-refractivity contribution in [3.05, 3.63) is 35.9 Å². The van der Waals surface area contributed by atoms with Gasteiger partial charge in [0.1, 0.15) is 0 Å². The highest BCUT2D eigenvalue weighted by atomic mass is 16.5. The van der Waals surface area contributed by atoms with E-state index in [0.717, 1.165) is 31.2 Å². The molecule has 5 nitrogen and oxygen atoms in total. The molecule has 5 heteroatoms. The molecule has 1 aromatic rings. The van der Waals surface area contributed by atoms with Crippen LogP contribution in [-0.4, -0.2) is 49.9 Å². The van der Waals surface area contributed by atoms with Crippen LogP contribution in [0, 0.1) is 0 Å². The van der Waals surface area contributed by atoms with Gasteiger partial charge in [0, 0.05) is 19.7 Å². The SMILES string of the molecule is COC1CCC(NC(=O)N2CCOCC2c2ccccc2)CC1. The number of urea groups is 1. The first kappa shape index (κ1) is 16.3. The molecule has 1 saturated heterocycles. The van der Waals surface area contributed by atoms with E-state index in [0.29, 0.717) is 25.9 Å². The van der Waals surface area contributed by atoms with E-state index in [-0.39, 0.29) is 18.1 Å². The first-order chi connectivity index (χ1) is 11.3. The number of ether oxygens (including phenoxy) is 2. The molecule has 126 valence electrons. The number of hydrogen-bond donors (Lipinski definition) is 1. The fourth-order valence-electron chi connectivity index (χ4n) is 3.50. The Kier molecular flexibility index (Phi) is 5.51. The second-order valence-corrected chi connectivity index (χ2v) is 6.35. The zero-order chi connectivity index (χ0) is 16.1. The van der Waals surface area contributed by atoms with Crippen LogP contribution in [0.5, 0.6) is 0 Å². The Morgan fingerprint density at radius 2 is 1.96 bits per heavy atom. The Morgan fingerprint density at radius 1 is 1.22 bits per heavy atom. The van der Waals surface area contributed by atoms with Gasteiger partial charge in [0.05, 0.1) is 25.4 Å². The number of carbonyl (C=O) groups excluding carboxylic acids is 1. The first-order valence-electron chi connectivity index (χ1n) is 8.50. The highest BCUT2D eigenvalue weighted by Crippen LogP contribution is 2.25. The van der Waals surface area contributed by atoms with Crippen molar-refractivity contribution in [1.82, 2.24) is 10.2 Å². The summed E-state index contributed by atoms with van der Waals surface area (Å²) in [6, 6.07) is 10.4. The minimum atomic E-state index is 0.000245. The molecule has 1 N–H and O–H groups in total. The molecular formula is C18H26N2O3. The van der Waals surface area contributed by atoms with E-state index in [1.807, 2.05) is 23.1 Å². The average molecular weight is 318 g/mol. The zero-order valence-corrected chi connectivity index (χ0v) is 13.7. The molecule has 2 aliphatic rings. The summed E-state index contributed by atoms with van der Waals surface area (Å²) < 4.78 is 11.0. The van der Waals surface area contributed by atoms with Gasteiger partial charge >= 0.3 is 6.03 Å². The van der Waals surface area contributed by atoms with Gasteiger partial charge in [-0.15, -0.1) is 0 Å². The van der Waals surface area contributed by atoms with Crippen molar-refractivity contribution >= 4 is 6.03 Å². The molecule has 1 aliphatic heterocycles. The van der Waals surface area contributed by atoms with Gasteiger partial charge in [-0.05, 0) is 31.2 Å². The molecule has 3 rings (SSSR count). The highest BCUT2D eigenvalue weighted by Gasteiger charge is 2.30. The van der Waals surface area contributed by atoms with Crippen LogP contribution in [0.15, 0.2) is 30.3 Å². The van der Waals surface area contributed by atoms with Crippen LogP contribution in [0.3, 0.4) is 0 Å². The van der Waals surface area contributed by atoms with E-state index < -0.39 is 0 Å². The third-order valence-corrected chi connectivity index (χ3v) is 4.91. The smallest absolute Gasteiger partial charge is 0.318 e. The number of benzene rings is 1. The molecule has 1 aromatic carbocycles. The predicted octanol–water partition coefficient (Wildman–Crippen LogP) is 2.73. The van der Waals surface area contributed by atoms with Crippen LogP contribution in [0.4, 0.5) is 4.79 Å². The Morgan fingerprint density at radius 3 is 2.65 bits per heavy atom. The molecule has 0 radical (unpaired) electrons. The average Bonchev–Trinajstić information content (AvgIpc) is 2.63. The quantitative estimate of drug-likeness (QED) is 0.932. The molecule has 1 heterocycles. The molecule has 0 aromatic heterocycles. The molecule has 0 bridgehead atoms. The fourth-order valence-corrected chi connectivity index (χ4v) is 3.50. The highest BCUT2D eigenvalue weighted by molar-refractivity contribution is 5.75. The van der Waals surface area contributed by atoms with Gasteiger partial charge < -0.3 is 19.7 Å². The van der Waals surface area contributed by atoms with Crippen LogP contribution in [0.1, 0.15) is 37.3 Å². The number of hydrogen-bond acceptors (Lipinski definition) is 3. The number of amides is 2. The Balaban J connectivity index is 1.61. The van der Waals surface area contributed by atoms with Gasteiger partial charge in [-0.1, -0.05) is 30.3 Å². The minimum Gasteiger partial charge on any atom is -0.381 e. The number of rotatable bonds is 3. The van der Waals surface area contributed by atoms with Crippen molar-refractivity contribution in [1.29, 1.82) is 0 Å². The monoisotopic (exact) mass is 318 g/mol. The van der Waals surface area contributed by atoms with E-state index in [1.165, 1.54) is 0 Å². The van der Waals surface area contributed by atoms with Crippen molar-refractivity contribution in [3.8, 4) is 0 Å². The summed E-state index contributed by atoms with van der Waals surface area (Å²) in [5.74, 6) is 0. The maximum absolute atomic E-state index is 12.7. The van der Waals surface area contributed by atoms with Crippen molar-refractivity contribution in [2.24, 2.45) is 0 Å². The lowest BCUT2D eigenvalue weighted by Crippen LogP contribution is -2.51. The summed E-state index contributed by atoms with van der Waals surface area (Å²) in [5.41, 5.74) is 1.13. The van der Waals surface area contributed by atoms with E-state index >= 15 is 0 Å². The molecule has 1 unspecified atom stereocenters. The minimum absolute atomic E-state index is 0.000245. The molecule has 1 saturated carbocycles. The molecule has 0 spiro atoms. The van der Waals surface area contributed by atoms with Gasteiger partial charge in [0.2, 0.25) is 0 Å². The lowest BCUT2D eigenvalue weighted by molar-refractivity contribution is 0.00976. The van der Waals surface area contributed by atoms with Crippen molar-refractivity contribution < 1.29 is 14.3 Å². The van der Waals surface area contributed by atoms with Crippen LogP contribution in [-0.2, 0) is 9.47 Å². The number of nitrogens with one attached hydrogen (secondary N) is 1. The number of carbonyl (C=O) groups is 1. The van der Waals surface area contributed by atoms with Crippen LogP contribution < -0.4 is 5.32 Å². The topological polar surface area (TPSA) is 50.8 Å². The molecule has 1 aliphatic carbocycles. The number of methoxy groups -OCH3 is 1. The summed E-state index contributed by atoms with van der Waals surface area (Å²) in [6.45, 7) is 1.81. The summed E-state index contributed by atoms with van der Waals surface area (Å²) in [7, 11) is 1.77. The number of nitrogens with zero attached hydrogens (tertiary/aromatic N) is 1. The van der Waals surface area contributed by atoms with Crippen LogP contribution >= 0.6 is 0 Å². The van der Waals surface area contributed by atoms with Gasteiger partial charge in [-0.25, -0.2) is 4.79 Å². The normalized spacial score (nSPS) is 28.4. The first-order valence-corrected chi connectivity index (χ1v) is 8.50. The predicted molar refractivity (Wildman–Crippen MR) is 88.3 cm³/mol. The Bertz CT molecular complexity index is 500. The summed E-state index contributed by atoms with van der Waals surface area (Å²) in [5, 5.41) is 3.21. The van der Waals surface area contributed by atoms with Crippen molar-refractivity contribution in [2.75, 3.05) is 26.9 Å². The summed E-state index contributed by atoms with van der Waals surface area (Å²) in [6.07, 6.45) is 4.37. The van der Waals surface area contributed by atoms with Gasteiger partial charge in [0.25, 0.3) is 0 Å². The number of morpholine rings is 1. The van der Waals surface area contributed by atoms with Crippen LogP contribution in [0.2, 0.25) is 0 Å². The molecule has 2 fully saturated rings. The molecule has 23 heavy (non-hydrogen) atoms. The van der Waals surface area contributed by atoms with E-state index in [9.17, 15) is 4.79 Å². The standard InChI is InChI=1S/C18H26N2O3/c1-22-16-9-7-15(8-10-16)19-18(21)20-11-12-23-13-17(20)14-5-3-2-4-6-14/h2-6,15-17H,7-13H2,1H3,(H,19,21). The second kappa shape index (κ2) is 7.79. The van der Waals surface area contributed by atoms with E-state index in [4.69, 9.17) is 9.47 Å². The second-order valence-electron chi connectivity index (χ2n) is 6.35. The lowest BCUT2D eigenvalue weighted by atomic mass is 9.93. The van der Waals surface area contributed by atoms with E-state index in [2.05, 4.69) is 17.4 Å². The molecule has 2 amide bonds. The van der Waals surface area contributed by atoms with E-state index in [1.54, 1.807) is 7.11 Å². The Hall–Kier alpha value is -1.59. The maximum Gasteiger partial charge on any atom is 0.318 e. The Labute approximate surface area is 137 Å². The maximum atomic E-state index is 12.7. The van der Waals surface area contributed by atoms with Crippen molar-refractivity contribution in [2.45, 2.75) is 43.9 Å². The van der Waals surface area contributed by atoms with Gasteiger partial charge in [-0.2, -0.15) is 0 Å². The van der Waals surface area contributed by atoms with Crippen LogP contribution in [0.25, 0.3) is 0 Å². The lowest BCUT2D eigenvalue weighted by Gasteiger charge is -2.37. The van der Waals surface area contributed by atoms with Gasteiger partial charge in [0.15, 0.2) is 0 Å². The largest absolute Gasteiger partial charge is 0.381 e. The van der Waals surface area contributed by atoms with Gasteiger partial charge in [-0.3, -0.25) is 0 Å². The summed E-state index contributed by atoms with van der Waals surface area (Å²) in [4.78, 5) is 14.6. The third-order valence-electron chi connectivity index (χ3n) is 4.91. The molecule has 1 atom stereocenters. The van der Waals surface area contributed by atoms with Crippen molar-refractivity contribution in [3.63, 3.8) is 0 Å². The third kappa shape index (κ3) is 4.03. The fraction of sp³-hybridized carbons (Fsp3) is 0.611. The molecular weight excluding hydrogens is 292 g/mol.